The quantitative estimate of drug-likeness (QED) is 0.736. The molecule has 0 amide bonds. The molecule has 1 aromatic rings. The van der Waals surface area contributed by atoms with E-state index in [1.807, 2.05) is 32.0 Å². The minimum absolute atomic E-state index is 0.109. The molecule has 0 unspecified atom stereocenters. The molecule has 0 fully saturated rings. The third-order valence-corrected chi connectivity index (χ3v) is 2.58. The minimum Gasteiger partial charge on any atom is -0.298 e. The van der Waals surface area contributed by atoms with Crippen LogP contribution in [0.15, 0.2) is 24.4 Å². The number of rotatable bonds is 6. The van der Waals surface area contributed by atoms with Crippen LogP contribution in [0.2, 0.25) is 0 Å². The molecule has 0 atom stereocenters. The molecule has 3 nitrogen and oxygen atoms in total. The summed E-state index contributed by atoms with van der Waals surface area (Å²) in [5.41, 5.74) is 1.01. The van der Waals surface area contributed by atoms with Gasteiger partial charge in [-0.3, -0.25) is 14.7 Å². The Morgan fingerprint density at radius 2 is 2.19 bits per heavy atom. The van der Waals surface area contributed by atoms with Crippen molar-refractivity contribution in [2.24, 2.45) is 5.92 Å². The lowest BCUT2D eigenvalue weighted by molar-refractivity contribution is -0.123. The Hall–Kier alpha value is -1.22. The number of hydrogen-bond acceptors (Lipinski definition) is 3. The highest BCUT2D eigenvalue weighted by Gasteiger charge is 2.12. The van der Waals surface area contributed by atoms with Crippen LogP contribution in [0.4, 0.5) is 0 Å². The fraction of sp³-hybridized carbons (Fsp3) is 0.538. The predicted octanol–water partition coefficient (Wildman–Crippen LogP) is 2.13. The van der Waals surface area contributed by atoms with E-state index in [1.165, 1.54) is 0 Å². The smallest absolute Gasteiger partial charge is 0.149 e. The van der Waals surface area contributed by atoms with Crippen LogP contribution in [0.1, 0.15) is 26.5 Å². The third kappa shape index (κ3) is 4.11. The lowest BCUT2D eigenvalue weighted by Gasteiger charge is -2.19. The van der Waals surface area contributed by atoms with Crippen molar-refractivity contribution in [1.29, 1.82) is 0 Å². The first-order valence-corrected chi connectivity index (χ1v) is 5.78. The molecule has 0 aromatic carbocycles. The highest BCUT2D eigenvalue weighted by molar-refractivity contribution is 5.82. The molecule has 1 rings (SSSR count). The maximum Gasteiger partial charge on any atom is 0.149 e. The van der Waals surface area contributed by atoms with Crippen LogP contribution >= 0.6 is 0 Å². The summed E-state index contributed by atoms with van der Waals surface area (Å²) in [6.45, 7) is 8.08. The number of nitrogens with zero attached hydrogens (tertiary/aromatic N) is 2. The fourth-order valence-corrected chi connectivity index (χ4v) is 1.40. The van der Waals surface area contributed by atoms with Crippen LogP contribution in [-0.4, -0.2) is 28.8 Å². The molecule has 0 spiro atoms. The molecule has 3 heteroatoms. The van der Waals surface area contributed by atoms with E-state index in [-0.39, 0.29) is 11.7 Å². The van der Waals surface area contributed by atoms with Crippen LogP contribution in [-0.2, 0) is 11.3 Å². The molecule has 0 aliphatic carbocycles. The van der Waals surface area contributed by atoms with Crippen LogP contribution in [0.3, 0.4) is 0 Å². The first kappa shape index (κ1) is 12.8. The Labute approximate surface area is 97.5 Å². The van der Waals surface area contributed by atoms with Gasteiger partial charge >= 0.3 is 0 Å². The standard InChI is InChI=1S/C13H20N2O/c1-4-15(10-13(16)11(2)3)9-12-7-5-6-8-14-12/h5-8,11H,4,9-10H2,1-3H3. The van der Waals surface area contributed by atoms with Gasteiger partial charge in [0.2, 0.25) is 0 Å². The van der Waals surface area contributed by atoms with Gasteiger partial charge in [-0.25, -0.2) is 0 Å². The van der Waals surface area contributed by atoms with Crippen molar-refractivity contribution in [2.45, 2.75) is 27.3 Å². The van der Waals surface area contributed by atoms with E-state index in [0.29, 0.717) is 6.54 Å². The molecular formula is C13H20N2O. The zero-order valence-corrected chi connectivity index (χ0v) is 10.3. The van der Waals surface area contributed by atoms with Gasteiger partial charge in [0.25, 0.3) is 0 Å². The SMILES string of the molecule is CCN(CC(=O)C(C)C)Cc1ccccn1. The molecule has 0 saturated carbocycles. The highest BCUT2D eigenvalue weighted by Crippen LogP contribution is 2.03. The average Bonchev–Trinajstić information content (AvgIpc) is 2.29. The first-order valence-electron chi connectivity index (χ1n) is 5.78. The zero-order chi connectivity index (χ0) is 12.0. The topological polar surface area (TPSA) is 33.2 Å². The van der Waals surface area contributed by atoms with E-state index in [9.17, 15) is 4.79 Å². The summed E-state index contributed by atoms with van der Waals surface area (Å²) < 4.78 is 0. The van der Waals surface area contributed by atoms with Crippen LogP contribution in [0.25, 0.3) is 0 Å². The van der Waals surface area contributed by atoms with Crippen molar-refractivity contribution in [1.82, 2.24) is 9.88 Å². The van der Waals surface area contributed by atoms with Gasteiger partial charge in [0.1, 0.15) is 5.78 Å². The molecule has 0 N–H and O–H groups in total. The third-order valence-electron chi connectivity index (χ3n) is 2.58. The highest BCUT2D eigenvalue weighted by atomic mass is 16.1. The summed E-state index contributed by atoms with van der Waals surface area (Å²) in [7, 11) is 0. The van der Waals surface area contributed by atoms with Crippen molar-refractivity contribution >= 4 is 5.78 Å². The molecule has 88 valence electrons. The van der Waals surface area contributed by atoms with Crippen molar-refractivity contribution in [3.05, 3.63) is 30.1 Å². The number of ketones is 1. The summed E-state index contributed by atoms with van der Waals surface area (Å²) in [5.74, 6) is 0.399. The number of carbonyl (C=O) groups is 1. The van der Waals surface area contributed by atoms with Crippen LogP contribution < -0.4 is 0 Å². The van der Waals surface area contributed by atoms with E-state index in [0.717, 1.165) is 18.8 Å². The lowest BCUT2D eigenvalue weighted by Crippen LogP contribution is -2.31. The number of carbonyl (C=O) groups excluding carboxylic acids is 1. The van der Waals surface area contributed by atoms with Gasteiger partial charge in [0.15, 0.2) is 0 Å². The molecule has 16 heavy (non-hydrogen) atoms. The van der Waals surface area contributed by atoms with E-state index < -0.39 is 0 Å². The number of likely N-dealkylation sites (N-methyl/N-ethyl adjacent to an activating group) is 1. The molecule has 0 bridgehead atoms. The second-order valence-electron chi connectivity index (χ2n) is 4.25. The van der Waals surface area contributed by atoms with E-state index in [4.69, 9.17) is 0 Å². The van der Waals surface area contributed by atoms with Gasteiger partial charge in [-0.05, 0) is 18.7 Å². The van der Waals surface area contributed by atoms with Gasteiger partial charge < -0.3 is 0 Å². The molecule has 1 aromatic heterocycles. The van der Waals surface area contributed by atoms with E-state index in [1.54, 1.807) is 6.20 Å². The summed E-state index contributed by atoms with van der Waals surface area (Å²) in [6, 6.07) is 5.86. The monoisotopic (exact) mass is 220 g/mol. The predicted molar refractivity (Wildman–Crippen MR) is 65.0 cm³/mol. The van der Waals surface area contributed by atoms with Gasteiger partial charge in [0.05, 0.1) is 12.2 Å². The summed E-state index contributed by atoms with van der Waals surface area (Å²) in [6.07, 6.45) is 1.79. The first-order chi connectivity index (χ1) is 7.63. The molecular weight excluding hydrogens is 200 g/mol. The summed E-state index contributed by atoms with van der Waals surface area (Å²) in [5, 5.41) is 0. The molecule has 0 aliphatic heterocycles. The molecule has 0 aliphatic rings. The van der Waals surface area contributed by atoms with Crippen molar-refractivity contribution in [2.75, 3.05) is 13.1 Å². The summed E-state index contributed by atoms with van der Waals surface area (Å²) in [4.78, 5) is 18.0. The Morgan fingerprint density at radius 3 is 2.69 bits per heavy atom. The molecule has 0 radical (unpaired) electrons. The van der Waals surface area contributed by atoms with E-state index >= 15 is 0 Å². The Kier molecular flexibility index (Phi) is 5.12. The average molecular weight is 220 g/mol. The second kappa shape index (κ2) is 6.38. The minimum atomic E-state index is 0.109. The van der Waals surface area contributed by atoms with Crippen molar-refractivity contribution in [3.63, 3.8) is 0 Å². The molecule has 0 saturated heterocycles. The second-order valence-corrected chi connectivity index (χ2v) is 4.25. The number of Topliss-reactive ketones (excluding diaryl/α,β-unsaturated/α-hetero) is 1. The van der Waals surface area contributed by atoms with Crippen molar-refractivity contribution < 1.29 is 4.79 Å². The zero-order valence-electron chi connectivity index (χ0n) is 10.3. The van der Waals surface area contributed by atoms with Gasteiger partial charge in [-0.1, -0.05) is 26.8 Å². The largest absolute Gasteiger partial charge is 0.298 e. The van der Waals surface area contributed by atoms with Crippen molar-refractivity contribution in [3.8, 4) is 0 Å². The van der Waals surface area contributed by atoms with Gasteiger partial charge in [0, 0.05) is 18.7 Å². The van der Waals surface area contributed by atoms with Crippen LogP contribution in [0, 0.1) is 5.92 Å². The number of hydrogen-bond donors (Lipinski definition) is 0. The Morgan fingerprint density at radius 1 is 1.44 bits per heavy atom. The Bertz CT molecular complexity index is 322. The van der Waals surface area contributed by atoms with Gasteiger partial charge in [-0.15, -0.1) is 0 Å². The number of pyridine rings is 1. The fourth-order valence-electron chi connectivity index (χ4n) is 1.40. The normalized spacial score (nSPS) is 11.1. The number of aromatic nitrogens is 1. The molecule has 1 heterocycles. The van der Waals surface area contributed by atoms with Gasteiger partial charge in [-0.2, -0.15) is 0 Å². The summed E-state index contributed by atoms with van der Waals surface area (Å²) >= 11 is 0. The maximum absolute atomic E-state index is 11.6. The maximum atomic E-state index is 11.6. The van der Waals surface area contributed by atoms with Crippen LogP contribution in [0.5, 0.6) is 0 Å². The Balaban J connectivity index is 2.53. The lowest BCUT2D eigenvalue weighted by atomic mass is 10.1. The van der Waals surface area contributed by atoms with E-state index in [2.05, 4.69) is 16.8 Å².